The Morgan fingerprint density at radius 1 is 1.53 bits per heavy atom. The van der Waals surface area contributed by atoms with Gasteiger partial charge < -0.3 is 10.0 Å². The number of carbonyl (C=O) groups is 1. The van der Waals surface area contributed by atoms with Gasteiger partial charge >= 0.3 is 5.97 Å². The molecule has 1 aliphatic rings. The van der Waals surface area contributed by atoms with Gasteiger partial charge in [-0.05, 0) is 47.3 Å². The van der Waals surface area contributed by atoms with Crippen LogP contribution in [0.4, 0.5) is 5.82 Å². The number of hydrogen-bond acceptors (Lipinski definition) is 3. The lowest BCUT2D eigenvalue weighted by Gasteiger charge is -2.31. The first kappa shape index (κ1) is 12.4. The van der Waals surface area contributed by atoms with Crippen molar-refractivity contribution >= 4 is 27.7 Å². The van der Waals surface area contributed by atoms with Crippen LogP contribution in [0.3, 0.4) is 0 Å². The summed E-state index contributed by atoms with van der Waals surface area (Å²) in [5.74, 6) is 0.0459. The number of aliphatic carboxylic acids is 1. The van der Waals surface area contributed by atoms with Crippen LogP contribution >= 0.6 is 15.9 Å². The molecule has 0 unspecified atom stereocenters. The normalized spacial score (nSPS) is 17.2. The predicted octanol–water partition coefficient (Wildman–Crippen LogP) is 2.45. The zero-order valence-electron chi connectivity index (χ0n) is 9.69. The molecule has 0 bridgehead atoms. The fraction of sp³-hybridized carbons (Fsp3) is 0.500. The molecule has 0 atom stereocenters. The molecule has 1 aromatic heterocycles. The number of piperidine rings is 1. The number of rotatable bonds is 2. The minimum absolute atomic E-state index is 0.199. The summed E-state index contributed by atoms with van der Waals surface area (Å²) in [5.41, 5.74) is 1.15. The lowest BCUT2D eigenvalue weighted by atomic mass is 9.97. The number of anilines is 1. The molecule has 92 valence electrons. The predicted molar refractivity (Wildman–Crippen MR) is 69.2 cm³/mol. The van der Waals surface area contributed by atoms with Crippen molar-refractivity contribution in [3.63, 3.8) is 0 Å². The Hall–Kier alpha value is -1.10. The second-order valence-corrected chi connectivity index (χ2v) is 5.16. The molecule has 0 saturated carbocycles. The largest absolute Gasteiger partial charge is 0.481 e. The molecular formula is C12H15BrN2O2. The summed E-state index contributed by atoms with van der Waals surface area (Å²) in [6.07, 6.45) is 3.17. The summed E-state index contributed by atoms with van der Waals surface area (Å²) in [5, 5.41) is 8.95. The van der Waals surface area contributed by atoms with Gasteiger partial charge in [0.15, 0.2) is 0 Å². The van der Waals surface area contributed by atoms with Crippen LogP contribution in [0, 0.1) is 12.8 Å². The molecule has 2 heterocycles. The van der Waals surface area contributed by atoms with E-state index in [9.17, 15) is 4.79 Å². The molecular weight excluding hydrogens is 284 g/mol. The van der Waals surface area contributed by atoms with Gasteiger partial charge in [-0.3, -0.25) is 4.79 Å². The highest BCUT2D eigenvalue weighted by Crippen LogP contribution is 2.30. The highest BCUT2D eigenvalue weighted by atomic mass is 79.9. The quantitative estimate of drug-likeness (QED) is 0.911. The molecule has 2 rings (SSSR count). The number of carboxylic acids is 1. The third-order valence-electron chi connectivity index (χ3n) is 3.21. The maximum atomic E-state index is 10.9. The number of pyridine rings is 1. The van der Waals surface area contributed by atoms with Gasteiger partial charge in [0.1, 0.15) is 5.82 Å². The maximum Gasteiger partial charge on any atom is 0.306 e. The SMILES string of the molecule is Cc1ccnc(N2CCC(C(=O)O)CC2)c1Br. The zero-order chi connectivity index (χ0) is 12.4. The summed E-state index contributed by atoms with van der Waals surface area (Å²) in [4.78, 5) is 17.4. The van der Waals surface area contributed by atoms with Crippen LogP contribution in [0.5, 0.6) is 0 Å². The molecule has 1 saturated heterocycles. The van der Waals surface area contributed by atoms with Gasteiger partial charge in [-0.25, -0.2) is 4.98 Å². The number of nitrogens with zero attached hydrogens (tertiary/aromatic N) is 2. The van der Waals surface area contributed by atoms with E-state index in [1.165, 1.54) is 0 Å². The Balaban J connectivity index is 2.10. The molecule has 1 aliphatic heterocycles. The molecule has 1 N–H and O–H groups in total. The van der Waals surface area contributed by atoms with Gasteiger partial charge in [-0.15, -0.1) is 0 Å². The molecule has 0 aliphatic carbocycles. The lowest BCUT2D eigenvalue weighted by Crippen LogP contribution is -2.37. The number of carboxylic acid groups (broad SMARTS) is 1. The highest BCUT2D eigenvalue weighted by Gasteiger charge is 2.26. The number of halogens is 1. The van der Waals surface area contributed by atoms with Gasteiger partial charge in [0, 0.05) is 19.3 Å². The van der Waals surface area contributed by atoms with Crippen LogP contribution in [0.2, 0.25) is 0 Å². The van der Waals surface area contributed by atoms with Crippen LogP contribution in [0.1, 0.15) is 18.4 Å². The minimum Gasteiger partial charge on any atom is -0.481 e. The first-order valence-corrected chi connectivity index (χ1v) is 6.47. The van der Waals surface area contributed by atoms with Crippen LogP contribution in [-0.2, 0) is 4.79 Å². The third-order valence-corrected chi connectivity index (χ3v) is 4.19. The average molecular weight is 299 g/mol. The number of hydrogen-bond donors (Lipinski definition) is 1. The standard InChI is InChI=1S/C12H15BrN2O2/c1-8-2-5-14-11(10(8)13)15-6-3-9(4-7-15)12(16)17/h2,5,9H,3-4,6-7H2,1H3,(H,16,17). The van der Waals surface area contributed by atoms with Gasteiger partial charge in [0.25, 0.3) is 0 Å². The van der Waals surface area contributed by atoms with E-state index in [-0.39, 0.29) is 5.92 Å². The van der Waals surface area contributed by atoms with E-state index in [4.69, 9.17) is 5.11 Å². The van der Waals surface area contributed by atoms with E-state index in [2.05, 4.69) is 25.8 Å². The van der Waals surface area contributed by atoms with Crippen molar-refractivity contribution in [1.29, 1.82) is 0 Å². The van der Waals surface area contributed by atoms with E-state index in [1.54, 1.807) is 6.20 Å². The fourth-order valence-corrected chi connectivity index (χ4v) is 2.57. The van der Waals surface area contributed by atoms with Crippen molar-refractivity contribution in [3.05, 3.63) is 22.3 Å². The van der Waals surface area contributed by atoms with Crippen molar-refractivity contribution in [2.24, 2.45) is 5.92 Å². The van der Waals surface area contributed by atoms with E-state index >= 15 is 0 Å². The van der Waals surface area contributed by atoms with Crippen molar-refractivity contribution in [2.75, 3.05) is 18.0 Å². The Morgan fingerprint density at radius 3 is 2.76 bits per heavy atom. The molecule has 0 radical (unpaired) electrons. The Bertz CT molecular complexity index is 429. The van der Waals surface area contributed by atoms with Crippen LogP contribution in [0.15, 0.2) is 16.7 Å². The third kappa shape index (κ3) is 2.60. The molecule has 1 fully saturated rings. The zero-order valence-corrected chi connectivity index (χ0v) is 11.3. The molecule has 1 aromatic rings. The highest BCUT2D eigenvalue weighted by molar-refractivity contribution is 9.10. The molecule has 0 aromatic carbocycles. The summed E-state index contributed by atoms with van der Waals surface area (Å²) in [6, 6.07) is 1.96. The van der Waals surface area contributed by atoms with E-state index in [0.29, 0.717) is 12.8 Å². The average Bonchev–Trinajstić information content (AvgIpc) is 2.33. The smallest absolute Gasteiger partial charge is 0.306 e. The lowest BCUT2D eigenvalue weighted by molar-refractivity contribution is -0.142. The molecule has 5 heteroatoms. The van der Waals surface area contributed by atoms with Gasteiger partial charge in [-0.1, -0.05) is 0 Å². The van der Waals surface area contributed by atoms with Gasteiger partial charge in [0.2, 0.25) is 0 Å². The summed E-state index contributed by atoms with van der Waals surface area (Å²) >= 11 is 3.54. The Morgan fingerprint density at radius 2 is 2.18 bits per heavy atom. The fourth-order valence-electron chi connectivity index (χ4n) is 2.08. The van der Waals surface area contributed by atoms with Crippen molar-refractivity contribution < 1.29 is 9.90 Å². The number of aromatic nitrogens is 1. The Labute approximate surface area is 109 Å². The van der Waals surface area contributed by atoms with Gasteiger partial charge in [0.05, 0.1) is 10.4 Å². The molecule has 0 amide bonds. The summed E-state index contributed by atoms with van der Waals surface area (Å²) in [6.45, 7) is 3.54. The molecule has 0 spiro atoms. The summed E-state index contributed by atoms with van der Waals surface area (Å²) < 4.78 is 1.01. The van der Waals surface area contributed by atoms with Crippen molar-refractivity contribution in [1.82, 2.24) is 4.98 Å². The second kappa shape index (κ2) is 5.04. The number of aryl methyl sites for hydroxylation is 1. The first-order chi connectivity index (χ1) is 8.09. The Kier molecular flexibility index (Phi) is 3.66. The van der Waals surface area contributed by atoms with Gasteiger partial charge in [-0.2, -0.15) is 0 Å². The molecule has 17 heavy (non-hydrogen) atoms. The van der Waals surface area contributed by atoms with E-state index in [0.717, 1.165) is 28.9 Å². The first-order valence-electron chi connectivity index (χ1n) is 5.68. The molecule has 4 nitrogen and oxygen atoms in total. The van der Waals surface area contributed by atoms with Crippen LogP contribution < -0.4 is 4.90 Å². The van der Waals surface area contributed by atoms with Crippen LogP contribution in [0.25, 0.3) is 0 Å². The second-order valence-electron chi connectivity index (χ2n) is 4.36. The maximum absolute atomic E-state index is 10.9. The van der Waals surface area contributed by atoms with Crippen LogP contribution in [-0.4, -0.2) is 29.1 Å². The monoisotopic (exact) mass is 298 g/mol. The minimum atomic E-state index is -0.680. The summed E-state index contributed by atoms with van der Waals surface area (Å²) in [7, 11) is 0. The van der Waals surface area contributed by atoms with Crippen molar-refractivity contribution in [2.45, 2.75) is 19.8 Å². The topological polar surface area (TPSA) is 53.4 Å². The van der Waals surface area contributed by atoms with Crippen molar-refractivity contribution in [3.8, 4) is 0 Å². The van der Waals surface area contributed by atoms with E-state index in [1.807, 2.05) is 13.0 Å². The van der Waals surface area contributed by atoms with E-state index < -0.39 is 5.97 Å².